The first kappa shape index (κ1) is 28.7. The summed E-state index contributed by atoms with van der Waals surface area (Å²) in [4.78, 5) is 57.0. The molecule has 2 rings (SSSR count). The molecule has 1 aromatic heterocycles. The van der Waals surface area contributed by atoms with Crippen LogP contribution in [0.2, 0.25) is 0 Å². The molecule has 0 aromatic carbocycles. The van der Waals surface area contributed by atoms with Gasteiger partial charge in [0, 0.05) is 19.2 Å². The molecule has 0 spiro atoms. The smallest absolute Gasteiger partial charge is 0.471 e. The molecule has 1 aliphatic heterocycles. The summed E-state index contributed by atoms with van der Waals surface area (Å²) in [6.07, 6.45) is -7.95. The number of halogens is 3. The van der Waals surface area contributed by atoms with Crippen molar-refractivity contribution in [2.45, 2.75) is 51.2 Å². The van der Waals surface area contributed by atoms with E-state index in [0.717, 1.165) is 10.8 Å². The second kappa shape index (κ2) is 12.0. The molecule has 196 valence electrons. The van der Waals surface area contributed by atoms with Crippen LogP contribution < -0.4 is 21.5 Å². The number of rotatable bonds is 9. The third kappa shape index (κ3) is 8.89. The van der Waals surface area contributed by atoms with Gasteiger partial charge in [-0.25, -0.2) is 4.79 Å². The molecular formula is C18H22F3N3O10P-. The molecule has 2 heterocycles. The fraction of sp³-hybridized carbons (Fsp3) is 0.611. The number of aromatic nitrogens is 2. The average molecular weight is 528 g/mol. The molecule has 0 radical (unpaired) electrons. The van der Waals surface area contributed by atoms with E-state index in [1.165, 1.54) is 5.32 Å². The number of nitrogens with zero attached hydrogens (tertiary/aromatic N) is 1. The Kier molecular flexibility index (Phi) is 9.81. The minimum atomic E-state index is -5.10. The van der Waals surface area contributed by atoms with Gasteiger partial charge in [0.1, 0.15) is 17.9 Å². The quantitative estimate of drug-likeness (QED) is 0.206. The maximum absolute atomic E-state index is 12.3. The number of hydrogen-bond acceptors (Lipinski definition) is 9. The van der Waals surface area contributed by atoms with Crippen LogP contribution in [0.1, 0.15) is 32.1 Å². The Morgan fingerprint density at radius 3 is 2.77 bits per heavy atom. The van der Waals surface area contributed by atoms with Crippen molar-refractivity contribution in [2.75, 3.05) is 19.8 Å². The second-order valence-electron chi connectivity index (χ2n) is 7.02. The van der Waals surface area contributed by atoms with Crippen LogP contribution in [-0.2, 0) is 28.1 Å². The van der Waals surface area contributed by atoms with Gasteiger partial charge in [0.25, 0.3) is 13.4 Å². The summed E-state index contributed by atoms with van der Waals surface area (Å²) >= 11 is 0. The molecule has 3 N–H and O–H groups in total. The fourth-order valence-electron chi connectivity index (χ4n) is 3.00. The summed E-state index contributed by atoms with van der Waals surface area (Å²) in [6.45, 7) is 2.21. The predicted octanol–water partition coefficient (Wildman–Crippen LogP) is -0.901. The van der Waals surface area contributed by atoms with E-state index in [1.807, 2.05) is 4.98 Å². The standard InChI is InChI=1S/C18H23F3N3O10P/c1-3-31-10(2)33-12-7-14(34-13(12)9-32-35(28,29)30)24-8-11(15(25)23-17(24)27)5-4-6-22-16(26)18(19,20)21/h8,10,12-14H,3,6-7,9H2,1-2H3,(H,22,26)(H,23,25,27)(H2,28,29,30)/p-1/t10-,12?,13-,14-/m1/s1. The lowest BCUT2D eigenvalue weighted by Gasteiger charge is -2.24. The topological polar surface area (TPSA) is 181 Å². The summed E-state index contributed by atoms with van der Waals surface area (Å²) in [6, 6.07) is 0. The lowest BCUT2D eigenvalue weighted by atomic mass is 10.2. The second-order valence-corrected chi connectivity index (χ2v) is 8.21. The number of H-pyrrole nitrogens is 1. The number of carbonyl (C=O) groups is 1. The number of nitrogens with one attached hydrogen (secondary N) is 2. The summed E-state index contributed by atoms with van der Waals surface area (Å²) in [5, 5.41) is 1.51. The first-order valence-corrected chi connectivity index (χ1v) is 11.5. The van der Waals surface area contributed by atoms with Crippen molar-refractivity contribution in [3.63, 3.8) is 0 Å². The number of ether oxygens (including phenoxy) is 3. The van der Waals surface area contributed by atoms with Crippen molar-refractivity contribution in [3.8, 4) is 11.8 Å². The first-order valence-electron chi connectivity index (χ1n) is 10.0. The van der Waals surface area contributed by atoms with Gasteiger partial charge in [0.15, 0.2) is 6.29 Å². The molecular weight excluding hydrogens is 506 g/mol. The third-order valence-electron chi connectivity index (χ3n) is 4.45. The molecule has 1 fully saturated rings. The van der Waals surface area contributed by atoms with Gasteiger partial charge in [-0.2, -0.15) is 13.2 Å². The highest BCUT2D eigenvalue weighted by Gasteiger charge is 2.40. The van der Waals surface area contributed by atoms with Crippen molar-refractivity contribution in [1.82, 2.24) is 14.9 Å². The zero-order valence-electron chi connectivity index (χ0n) is 18.4. The maximum Gasteiger partial charge on any atom is 0.471 e. The van der Waals surface area contributed by atoms with Crippen molar-refractivity contribution in [3.05, 3.63) is 32.6 Å². The largest absolute Gasteiger partial charge is 0.756 e. The monoisotopic (exact) mass is 528 g/mol. The molecule has 0 aliphatic carbocycles. The Morgan fingerprint density at radius 2 is 2.17 bits per heavy atom. The molecule has 1 saturated heterocycles. The number of amides is 1. The van der Waals surface area contributed by atoms with E-state index < -0.39 is 69.0 Å². The van der Waals surface area contributed by atoms with Crippen molar-refractivity contribution in [2.24, 2.45) is 0 Å². The number of phosphoric ester groups is 1. The van der Waals surface area contributed by atoms with Crippen LogP contribution in [0.5, 0.6) is 0 Å². The van der Waals surface area contributed by atoms with E-state index in [0.29, 0.717) is 6.61 Å². The van der Waals surface area contributed by atoms with E-state index in [1.54, 1.807) is 13.8 Å². The van der Waals surface area contributed by atoms with Crippen LogP contribution in [0.4, 0.5) is 13.2 Å². The lowest BCUT2D eigenvalue weighted by molar-refractivity contribution is -0.224. The van der Waals surface area contributed by atoms with Crippen LogP contribution in [-0.4, -0.2) is 64.8 Å². The van der Waals surface area contributed by atoms with Crippen LogP contribution in [0.3, 0.4) is 0 Å². The van der Waals surface area contributed by atoms with Gasteiger partial charge in [-0.1, -0.05) is 11.8 Å². The molecule has 17 heteroatoms. The van der Waals surface area contributed by atoms with Gasteiger partial charge in [0.05, 0.1) is 19.3 Å². The third-order valence-corrected chi connectivity index (χ3v) is 4.92. The summed E-state index contributed by atoms with van der Waals surface area (Å²) < 4.78 is 69.4. The van der Waals surface area contributed by atoms with Crippen LogP contribution >= 0.6 is 7.82 Å². The summed E-state index contributed by atoms with van der Waals surface area (Å²) in [5.74, 6) is 2.20. The van der Waals surface area contributed by atoms with E-state index >= 15 is 0 Å². The molecule has 2 unspecified atom stereocenters. The minimum Gasteiger partial charge on any atom is -0.756 e. The number of alkyl halides is 3. The first-order chi connectivity index (χ1) is 16.2. The van der Waals surface area contributed by atoms with Gasteiger partial charge in [-0.3, -0.25) is 23.7 Å². The van der Waals surface area contributed by atoms with Gasteiger partial charge in [-0.05, 0) is 13.8 Å². The van der Waals surface area contributed by atoms with Crippen molar-refractivity contribution >= 4 is 13.7 Å². The van der Waals surface area contributed by atoms with E-state index in [2.05, 4.69) is 16.4 Å². The van der Waals surface area contributed by atoms with Gasteiger partial charge < -0.3 is 33.8 Å². The molecule has 5 atom stereocenters. The highest BCUT2D eigenvalue weighted by Crippen LogP contribution is 2.36. The number of phosphoric acid groups is 1. The van der Waals surface area contributed by atoms with Crippen molar-refractivity contribution in [1.29, 1.82) is 0 Å². The van der Waals surface area contributed by atoms with Gasteiger partial charge >= 0.3 is 17.8 Å². The van der Waals surface area contributed by atoms with E-state index in [-0.39, 0.29) is 12.0 Å². The molecule has 1 aliphatic rings. The Bertz CT molecular complexity index is 1120. The highest BCUT2D eigenvalue weighted by molar-refractivity contribution is 7.44. The van der Waals surface area contributed by atoms with Crippen LogP contribution in [0, 0.1) is 11.8 Å². The normalized spacial score (nSPS) is 22.7. The number of hydrogen-bond donors (Lipinski definition) is 3. The maximum atomic E-state index is 12.3. The van der Waals surface area contributed by atoms with Gasteiger partial charge in [0.2, 0.25) is 0 Å². The van der Waals surface area contributed by atoms with Crippen LogP contribution in [0.25, 0.3) is 0 Å². The Labute approximate surface area is 195 Å². The SMILES string of the molecule is CCO[C@@H](C)OC1C[C@H](n2cc(C#CCNC(=O)C(F)(F)F)c(=O)[nH]c2=O)O[C@@H]1COP(=O)([O-])O. The molecule has 1 aromatic rings. The number of carbonyl (C=O) groups excluding carboxylic acids is 1. The van der Waals surface area contributed by atoms with Crippen molar-refractivity contribution < 1.29 is 51.1 Å². The Morgan fingerprint density at radius 1 is 1.49 bits per heavy atom. The average Bonchev–Trinajstić information content (AvgIpc) is 3.12. The Balaban J connectivity index is 2.23. The summed E-state index contributed by atoms with van der Waals surface area (Å²) in [7, 11) is -5.09. The molecule has 13 nitrogen and oxygen atoms in total. The molecule has 0 bridgehead atoms. The minimum absolute atomic E-state index is 0.0412. The number of aromatic amines is 1. The van der Waals surface area contributed by atoms with E-state index in [4.69, 9.17) is 19.1 Å². The zero-order valence-corrected chi connectivity index (χ0v) is 19.3. The highest BCUT2D eigenvalue weighted by atomic mass is 31.2. The lowest BCUT2D eigenvalue weighted by Crippen LogP contribution is -2.37. The molecule has 35 heavy (non-hydrogen) atoms. The molecule has 1 amide bonds. The Hall–Kier alpha value is -2.51. The summed E-state index contributed by atoms with van der Waals surface area (Å²) in [5.41, 5.74) is -2.19. The van der Waals surface area contributed by atoms with Crippen LogP contribution in [0.15, 0.2) is 15.8 Å². The fourth-order valence-corrected chi connectivity index (χ4v) is 3.34. The van der Waals surface area contributed by atoms with Gasteiger partial charge in [-0.15, -0.1) is 0 Å². The predicted molar refractivity (Wildman–Crippen MR) is 108 cm³/mol. The zero-order chi connectivity index (χ0) is 26.4. The molecule has 0 saturated carbocycles. The van der Waals surface area contributed by atoms with E-state index in [9.17, 15) is 37.0 Å².